The zero-order chi connectivity index (χ0) is 22.8. The van der Waals surface area contributed by atoms with E-state index in [-0.39, 0.29) is 11.8 Å². The number of methoxy groups -OCH3 is 1. The smallest absolute Gasteiger partial charge is 0.289 e. The largest absolute Gasteiger partial charge is 0.497 e. The molecule has 7 heteroatoms. The number of anilines is 1. The second-order valence-electron chi connectivity index (χ2n) is 8.28. The normalized spacial score (nSPS) is 14.6. The zero-order valence-corrected chi connectivity index (χ0v) is 19.0. The quantitative estimate of drug-likeness (QED) is 0.660. The van der Waals surface area contributed by atoms with Crippen molar-refractivity contribution in [2.24, 2.45) is 0 Å². The first-order valence-corrected chi connectivity index (χ1v) is 10.8. The van der Waals surface area contributed by atoms with E-state index in [2.05, 4.69) is 10.2 Å². The van der Waals surface area contributed by atoms with Crippen LogP contribution in [0.1, 0.15) is 27.2 Å². The molecule has 1 N–H and O–H groups in total. The molecule has 4 rings (SSSR count). The molecule has 0 bridgehead atoms. The van der Waals surface area contributed by atoms with Crippen LogP contribution in [-0.2, 0) is 4.79 Å². The molecule has 1 aromatic heterocycles. The lowest BCUT2D eigenvalue weighted by Gasteiger charge is -2.34. The first-order chi connectivity index (χ1) is 15.4. The van der Waals surface area contributed by atoms with Crippen molar-refractivity contribution in [2.45, 2.75) is 20.8 Å². The van der Waals surface area contributed by atoms with Crippen LogP contribution < -0.4 is 10.1 Å². The van der Waals surface area contributed by atoms with Gasteiger partial charge < -0.3 is 19.4 Å². The summed E-state index contributed by atoms with van der Waals surface area (Å²) in [7, 11) is 1.62. The number of furan rings is 1. The third kappa shape index (κ3) is 4.34. The number of hydrogen-bond acceptors (Lipinski definition) is 5. The summed E-state index contributed by atoms with van der Waals surface area (Å²) < 4.78 is 11.1. The van der Waals surface area contributed by atoms with Crippen molar-refractivity contribution in [3.05, 3.63) is 58.8 Å². The molecule has 1 aliphatic heterocycles. The van der Waals surface area contributed by atoms with Crippen LogP contribution >= 0.6 is 0 Å². The molecular weight excluding hydrogens is 406 g/mol. The molecule has 2 aromatic carbocycles. The fourth-order valence-corrected chi connectivity index (χ4v) is 4.06. The van der Waals surface area contributed by atoms with Crippen molar-refractivity contribution in [1.29, 1.82) is 0 Å². The molecule has 0 aliphatic carbocycles. The topological polar surface area (TPSA) is 75.0 Å². The molecule has 0 radical (unpaired) electrons. The second kappa shape index (κ2) is 9.04. The Kier molecular flexibility index (Phi) is 6.19. The number of nitrogens with one attached hydrogen (secondary N) is 1. The summed E-state index contributed by atoms with van der Waals surface area (Å²) in [5, 5.41) is 3.89. The van der Waals surface area contributed by atoms with Crippen molar-refractivity contribution in [3.8, 4) is 5.75 Å². The van der Waals surface area contributed by atoms with Crippen molar-refractivity contribution < 1.29 is 18.7 Å². The summed E-state index contributed by atoms with van der Waals surface area (Å²) in [4.78, 5) is 29.5. The number of hydrogen-bond donors (Lipinski definition) is 1. The monoisotopic (exact) mass is 435 g/mol. The molecule has 0 saturated carbocycles. The molecule has 0 unspecified atom stereocenters. The standard InChI is InChI=1S/C25H29N3O4/c1-16-6-5-7-21(17(16)2)26-23(29)15-27-10-12-28(13-11-27)25(30)24-18(3)20-14-19(31-4)8-9-22(20)32-24/h5-9,14H,10-13,15H2,1-4H3,(H,26,29). The van der Waals surface area contributed by atoms with Crippen LogP contribution in [0.3, 0.4) is 0 Å². The van der Waals surface area contributed by atoms with Crippen molar-refractivity contribution in [1.82, 2.24) is 9.80 Å². The van der Waals surface area contributed by atoms with E-state index in [4.69, 9.17) is 9.15 Å². The average Bonchev–Trinajstić information content (AvgIpc) is 3.12. The van der Waals surface area contributed by atoms with Crippen LogP contribution in [-0.4, -0.2) is 61.4 Å². The van der Waals surface area contributed by atoms with Gasteiger partial charge in [0.15, 0.2) is 5.76 Å². The highest BCUT2D eigenvalue weighted by Gasteiger charge is 2.27. The third-order valence-corrected chi connectivity index (χ3v) is 6.24. The molecule has 1 saturated heterocycles. The van der Waals surface area contributed by atoms with Crippen LogP contribution in [0.25, 0.3) is 11.0 Å². The lowest BCUT2D eigenvalue weighted by atomic mass is 10.1. The molecule has 3 aromatic rings. The maximum absolute atomic E-state index is 13.1. The fourth-order valence-electron chi connectivity index (χ4n) is 4.06. The van der Waals surface area contributed by atoms with E-state index >= 15 is 0 Å². The maximum atomic E-state index is 13.1. The number of rotatable bonds is 5. The summed E-state index contributed by atoms with van der Waals surface area (Å²) in [6.07, 6.45) is 0. The highest BCUT2D eigenvalue weighted by atomic mass is 16.5. The first-order valence-electron chi connectivity index (χ1n) is 10.8. The van der Waals surface area contributed by atoms with Crippen LogP contribution in [0.15, 0.2) is 40.8 Å². The van der Waals surface area contributed by atoms with Gasteiger partial charge in [0, 0.05) is 42.8 Å². The van der Waals surface area contributed by atoms with Gasteiger partial charge in [0.25, 0.3) is 5.91 Å². The number of ether oxygens (including phenoxy) is 1. The van der Waals surface area contributed by atoms with Gasteiger partial charge in [-0.25, -0.2) is 0 Å². The Balaban J connectivity index is 1.36. The Bertz CT molecular complexity index is 1160. The van der Waals surface area contributed by atoms with E-state index in [1.807, 2.05) is 57.2 Å². The summed E-state index contributed by atoms with van der Waals surface area (Å²) in [6.45, 7) is 8.61. The van der Waals surface area contributed by atoms with E-state index in [1.165, 1.54) is 0 Å². The number of carbonyl (C=O) groups excluding carboxylic acids is 2. The number of fused-ring (bicyclic) bond motifs is 1. The molecule has 0 atom stereocenters. The summed E-state index contributed by atoms with van der Waals surface area (Å²) >= 11 is 0. The summed E-state index contributed by atoms with van der Waals surface area (Å²) in [6, 6.07) is 11.4. The fraction of sp³-hybridized carbons (Fsp3) is 0.360. The van der Waals surface area contributed by atoms with E-state index < -0.39 is 0 Å². The van der Waals surface area contributed by atoms with Gasteiger partial charge in [-0.15, -0.1) is 0 Å². The average molecular weight is 436 g/mol. The number of amides is 2. The van der Waals surface area contributed by atoms with Crippen LogP contribution in [0.5, 0.6) is 5.75 Å². The molecular formula is C25H29N3O4. The minimum atomic E-state index is -0.114. The zero-order valence-electron chi connectivity index (χ0n) is 19.0. The van der Waals surface area contributed by atoms with Gasteiger partial charge in [-0.1, -0.05) is 12.1 Å². The van der Waals surface area contributed by atoms with Crippen LogP contribution in [0.2, 0.25) is 0 Å². The molecule has 2 heterocycles. The van der Waals surface area contributed by atoms with E-state index in [0.29, 0.717) is 44.1 Å². The molecule has 1 fully saturated rings. The van der Waals surface area contributed by atoms with Crippen LogP contribution in [0, 0.1) is 20.8 Å². The molecule has 1 aliphatic rings. The van der Waals surface area contributed by atoms with Gasteiger partial charge in [0.1, 0.15) is 11.3 Å². The number of carbonyl (C=O) groups is 2. The Morgan fingerprint density at radius 2 is 1.78 bits per heavy atom. The lowest BCUT2D eigenvalue weighted by Crippen LogP contribution is -2.50. The maximum Gasteiger partial charge on any atom is 0.289 e. The molecule has 7 nitrogen and oxygen atoms in total. The Labute approximate surface area is 187 Å². The molecule has 168 valence electrons. The van der Waals surface area contributed by atoms with E-state index in [1.54, 1.807) is 12.0 Å². The van der Waals surface area contributed by atoms with Crippen molar-refractivity contribution >= 4 is 28.5 Å². The number of aryl methyl sites for hydroxylation is 2. The number of nitrogens with zero attached hydrogens (tertiary/aromatic N) is 2. The lowest BCUT2D eigenvalue weighted by molar-refractivity contribution is -0.117. The Hall–Kier alpha value is -3.32. The summed E-state index contributed by atoms with van der Waals surface area (Å²) in [5.74, 6) is 0.945. The van der Waals surface area contributed by atoms with Crippen LogP contribution in [0.4, 0.5) is 5.69 Å². The SMILES string of the molecule is COc1ccc2oc(C(=O)N3CCN(CC(=O)Nc4cccc(C)c4C)CC3)c(C)c2c1. The Morgan fingerprint density at radius 3 is 2.50 bits per heavy atom. The molecule has 2 amide bonds. The van der Waals surface area contributed by atoms with E-state index in [0.717, 1.165) is 33.5 Å². The summed E-state index contributed by atoms with van der Waals surface area (Å²) in [5.41, 5.74) is 4.57. The minimum absolute atomic E-state index is 0.0412. The Morgan fingerprint density at radius 1 is 1.03 bits per heavy atom. The van der Waals surface area contributed by atoms with Gasteiger partial charge >= 0.3 is 0 Å². The third-order valence-electron chi connectivity index (χ3n) is 6.24. The predicted octanol–water partition coefficient (Wildman–Crippen LogP) is 3.76. The van der Waals surface area contributed by atoms with Gasteiger partial charge in [-0.3, -0.25) is 14.5 Å². The van der Waals surface area contributed by atoms with Gasteiger partial charge in [-0.2, -0.15) is 0 Å². The van der Waals surface area contributed by atoms with Gasteiger partial charge in [0.05, 0.1) is 13.7 Å². The van der Waals surface area contributed by atoms with Crippen molar-refractivity contribution in [3.63, 3.8) is 0 Å². The second-order valence-corrected chi connectivity index (χ2v) is 8.28. The highest BCUT2D eigenvalue weighted by molar-refractivity contribution is 5.99. The highest BCUT2D eigenvalue weighted by Crippen LogP contribution is 2.29. The first kappa shape index (κ1) is 21.9. The minimum Gasteiger partial charge on any atom is -0.497 e. The van der Waals surface area contributed by atoms with Gasteiger partial charge in [0.2, 0.25) is 5.91 Å². The van der Waals surface area contributed by atoms with Crippen molar-refractivity contribution in [2.75, 3.05) is 45.2 Å². The molecule has 32 heavy (non-hydrogen) atoms. The van der Waals surface area contributed by atoms with Gasteiger partial charge in [-0.05, 0) is 56.2 Å². The number of benzene rings is 2. The molecule has 0 spiro atoms. The predicted molar refractivity (Wildman–Crippen MR) is 124 cm³/mol. The number of piperazine rings is 1. The van der Waals surface area contributed by atoms with E-state index in [9.17, 15) is 9.59 Å².